The lowest BCUT2D eigenvalue weighted by Crippen LogP contribution is -2.16. The summed E-state index contributed by atoms with van der Waals surface area (Å²) in [6.45, 7) is 4.89. The Kier molecular flexibility index (Phi) is 6.11. The zero-order chi connectivity index (χ0) is 18.8. The molecule has 0 aliphatic carbocycles. The Bertz CT molecular complexity index is 806. The van der Waals surface area contributed by atoms with Gasteiger partial charge in [0.05, 0.1) is 16.9 Å². The van der Waals surface area contributed by atoms with E-state index in [-0.39, 0.29) is 11.3 Å². The van der Waals surface area contributed by atoms with Gasteiger partial charge in [-0.3, -0.25) is 4.79 Å². The third kappa shape index (κ3) is 4.52. The summed E-state index contributed by atoms with van der Waals surface area (Å²) in [7, 11) is 0. The van der Waals surface area contributed by atoms with Crippen LogP contribution < -0.4 is 11.1 Å². The van der Waals surface area contributed by atoms with E-state index >= 15 is 0 Å². The van der Waals surface area contributed by atoms with Gasteiger partial charge in [0.25, 0.3) is 5.91 Å². The van der Waals surface area contributed by atoms with Gasteiger partial charge in [-0.15, -0.1) is 11.8 Å². The highest BCUT2D eigenvalue weighted by molar-refractivity contribution is 9.10. The van der Waals surface area contributed by atoms with Gasteiger partial charge in [0.15, 0.2) is 5.82 Å². The van der Waals surface area contributed by atoms with Gasteiger partial charge in [0, 0.05) is 9.37 Å². The van der Waals surface area contributed by atoms with Crippen molar-refractivity contribution in [2.75, 3.05) is 16.8 Å². The van der Waals surface area contributed by atoms with Crippen LogP contribution in [0.3, 0.4) is 0 Å². The fraction of sp³-hybridized carbons (Fsp3) is 0.278. The minimum atomic E-state index is -1.52. The number of alkyl halides is 1. The predicted octanol–water partition coefficient (Wildman–Crippen LogP) is 5.74. The van der Waals surface area contributed by atoms with E-state index in [1.807, 2.05) is 6.92 Å². The number of carbonyl (C=O) groups excluding carboxylic acids is 1. The standard InChI is InChI=1S/C18H19BrF2N2OS/c1-4-25-14-9-10(18(2,3)21)8-12(19)16(14)23-17(24)11-6-5-7-13(22)15(11)20/h5-9H,4,22H2,1-3H3,(H,23,24). The molecule has 0 bridgehead atoms. The Morgan fingerprint density at radius 2 is 2.04 bits per heavy atom. The first-order chi connectivity index (χ1) is 11.6. The first-order valence-corrected chi connectivity index (χ1v) is 9.44. The molecule has 3 nitrogen and oxygen atoms in total. The maximum absolute atomic E-state index is 14.3. The van der Waals surface area contributed by atoms with E-state index in [4.69, 9.17) is 5.73 Å². The van der Waals surface area contributed by atoms with Crippen LogP contribution >= 0.6 is 27.7 Å². The monoisotopic (exact) mass is 428 g/mol. The molecule has 0 unspecified atom stereocenters. The molecule has 2 aromatic carbocycles. The molecule has 0 aromatic heterocycles. The van der Waals surface area contributed by atoms with Crippen LogP contribution in [-0.2, 0) is 5.67 Å². The zero-order valence-corrected chi connectivity index (χ0v) is 16.5. The lowest BCUT2D eigenvalue weighted by Gasteiger charge is -2.20. The fourth-order valence-electron chi connectivity index (χ4n) is 2.22. The first kappa shape index (κ1) is 19.7. The van der Waals surface area contributed by atoms with Crippen molar-refractivity contribution in [1.29, 1.82) is 0 Å². The molecule has 0 atom stereocenters. The molecular formula is C18H19BrF2N2OS. The third-order valence-corrected chi connectivity index (χ3v) is 5.10. The molecule has 1 amide bonds. The second-order valence-corrected chi connectivity index (χ2v) is 8.06. The quantitative estimate of drug-likeness (QED) is 0.471. The van der Waals surface area contributed by atoms with Gasteiger partial charge in [-0.05, 0) is 65.4 Å². The first-order valence-electron chi connectivity index (χ1n) is 7.66. The minimum absolute atomic E-state index is 0.0931. The van der Waals surface area contributed by atoms with E-state index in [9.17, 15) is 13.6 Å². The van der Waals surface area contributed by atoms with E-state index in [2.05, 4.69) is 21.2 Å². The lowest BCUT2D eigenvalue weighted by molar-refractivity contribution is 0.102. The topological polar surface area (TPSA) is 55.1 Å². The number of hydrogen-bond donors (Lipinski definition) is 2. The number of halogens is 3. The Morgan fingerprint density at radius 1 is 1.36 bits per heavy atom. The average Bonchev–Trinajstić information content (AvgIpc) is 2.52. The average molecular weight is 429 g/mol. The molecule has 0 aliphatic heterocycles. The van der Waals surface area contributed by atoms with Crippen molar-refractivity contribution >= 4 is 45.0 Å². The number of carbonyl (C=O) groups is 1. The maximum Gasteiger partial charge on any atom is 0.258 e. The molecular weight excluding hydrogens is 410 g/mol. The normalized spacial score (nSPS) is 11.4. The highest BCUT2D eigenvalue weighted by Gasteiger charge is 2.23. The zero-order valence-electron chi connectivity index (χ0n) is 14.1. The van der Waals surface area contributed by atoms with Crippen LogP contribution in [0, 0.1) is 5.82 Å². The maximum atomic E-state index is 14.3. The third-order valence-electron chi connectivity index (χ3n) is 3.55. The Morgan fingerprint density at radius 3 is 2.64 bits per heavy atom. The molecule has 134 valence electrons. The molecule has 0 spiro atoms. The Labute approximate surface area is 158 Å². The van der Waals surface area contributed by atoms with Gasteiger partial charge in [0.2, 0.25) is 0 Å². The molecule has 7 heteroatoms. The minimum Gasteiger partial charge on any atom is -0.396 e. The van der Waals surface area contributed by atoms with E-state index < -0.39 is 17.4 Å². The van der Waals surface area contributed by atoms with Crippen molar-refractivity contribution in [1.82, 2.24) is 0 Å². The lowest BCUT2D eigenvalue weighted by atomic mass is 10.00. The van der Waals surface area contributed by atoms with E-state index in [0.717, 1.165) is 5.75 Å². The van der Waals surface area contributed by atoms with Crippen LogP contribution in [0.2, 0.25) is 0 Å². The molecule has 0 saturated carbocycles. The van der Waals surface area contributed by atoms with Crippen LogP contribution in [0.25, 0.3) is 0 Å². The summed E-state index contributed by atoms with van der Waals surface area (Å²) in [5.74, 6) is -0.643. The van der Waals surface area contributed by atoms with Crippen LogP contribution in [0.4, 0.5) is 20.2 Å². The number of hydrogen-bond acceptors (Lipinski definition) is 3. The number of rotatable bonds is 5. The fourth-order valence-corrected chi connectivity index (χ4v) is 3.74. The van der Waals surface area contributed by atoms with E-state index in [0.29, 0.717) is 20.6 Å². The Balaban J connectivity index is 2.44. The second kappa shape index (κ2) is 7.74. The van der Waals surface area contributed by atoms with Crippen molar-refractivity contribution in [3.63, 3.8) is 0 Å². The molecule has 2 rings (SSSR count). The number of benzene rings is 2. The number of nitrogens with one attached hydrogen (secondary N) is 1. The number of nitrogen functional groups attached to an aromatic ring is 1. The molecule has 0 saturated heterocycles. The summed E-state index contributed by atoms with van der Waals surface area (Å²) in [6.07, 6.45) is 0. The van der Waals surface area contributed by atoms with Gasteiger partial charge in [-0.2, -0.15) is 0 Å². The van der Waals surface area contributed by atoms with Crippen molar-refractivity contribution in [2.45, 2.75) is 31.3 Å². The summed E-state index contributed by atoms with van der Waals surface area (Å²) < 4.78 is 28.9. The number of nitrogens with two attached hydrogens (primary N) is 1. The predicted molar refractivity (Wildman–Crippen MR) is 103 cm³/mol. The molecule has 0 aliphatic rings. The van der Waals surface area contributed by atoms with Crippen LogP contribution in [0.5, 0.6) is 0 Å². The van der Waals surface area contributed by atoms with Gasteiger partial charge in [-0.25, -0.2) is 8.78 Å². The number of thioether (sulfide) groups is 1. The SMILES string of the molecule is CCSc1cc(C(C)(C)F)cc(Br)c1NC(=O)c1cccc(N)c1F. The van der Waals surface area contributed by atoms with Crippen molar-refractivity contribution in [2.24, 2.45) is 0 Å². The van der Waals surface area contributed by atoms with Crippen molar-refractivity contribution in [3.8, 4) is 0 Å². The second-order valence-electron chi connectivity index (χ2n) is 5.90. The van der Waals surface area contributed by atoms with Gasteiger partial charge >= 0.3 is 0 Å². The van der Waals surface area contributed by atoms with Crippen LogP contribution in [0.1, 0.15) is 36.7 Å². The highest BCUT2D eigenvalue weighted by atomic mass is 79.9. The summed E-state index contributed by atoms with van der Waals surface area (Å²) >= 11 is 4.84. The van der Waals surface area contributed by atoms with E-state index in [1.165, 1.54) is 43.8 Å². The highest BCUT2D eigenvalue weighted by Crippen LogP contribution is 2.39. The molecule has 25 heavy (non-hydrogen) atoms. The van der Waals surface area contributed by atoms with Gasteiger partial charge in [-0.1, -0.05) is 13.0 Å². The molecule has 3 N–H and O–H groups in total. The largest absolute Gasteiger partial charge is 0.396 e. The molecule has 0 fully saturated rings. The smallest absolute Gasteiger partial charge is 0.258 e. The van der Waals surface area contributed by atoms with Crippen molar-refractivity contribution < 1.29 is 13.6 Å². The number of amides is 1. The Hall–Kier alpha value is -1.60. The summed E-state index contributed by atoms with van der Waals surface area (Å²) in [5, 5.41) is 2.70. The summed E-state index contributed by atoms with van der Waals surface area (Å²) in [4.78, 5) is 13.2. The van der Waals surface area contributed by atoms with Gasteiger partial charge < -0.3 is 11.1 Å². The summed E-state index contributed by atoms with van der Waals surface area (Å²) in [6, 6.07) is 7.58. The van der Waals surface area contributed by atoms with Crippen LogP contribution in [0.15, 0.2) is 39.7 Å². The summed E-state index contributed by atoms with van der Waals surface area (Å²) in [5.41, 5.74) is 4.73. The van der Waals surface area contributed by atoms with E-state index in [1.54, 1.807) is 12.1 Å². The van der Waals surface area contributed by atoms with Crippen LogP contribution in [-0.4, -0.2) is 11.7 Å². The molecule has 0 radical (unpaired) electrons. The van der Waals surface area contributed by atoms with Crippen molar-refractivity contribution in [3.05, 3.63) is 51.7 Å². The molecule has 0 heterocycles. The molecule has 2 aromatic rings. The van der Waals surface area contributed by atoms with Gasteiger partial charge in [0.1, 0.15) is 5.67 Å². The number of anilines is 2.